The van der Waals surface area contributed by atoms with Gasteiger partial charge in [-0.25, -0.2) is 0 Å². The number of nitrogens with two attached hydrogens (primary N) is 1. The molecule has 17 heavy (non-hydrogen) atoms. The molecule has 0 amide bonds. The summed E-state index contributed by atoms with van der Waals surface area (Å²) in [6.07, 6.45) is 2.54. The molecule has 0 bridgehead atoms. The number of nitrogen functional groups attached to an aromatic ring is 1. The van der Waals surface area contributed by atoms with Crippen LogP contribution in [0.25, 0.3) is 11.3 Å². The van der Waals surface area contributed by atoms with Gasteiger partial charge >= 0.3 is 0 Å². The number of pyridine rings is 1. The highest BCUT2D eigenvalue weighted by molar-refractivity contribution is 5.65. The molecule has 0 aliphatic rings. The van der Waals surface area contributed by atoms with Crippen molar-refractivity contribution in [3.63, 3.8) is 0 Å². The van der Waals surface area contributed by atoms with Crippen LogP contribution in [-0.2, 0) is 6.42 Å². The highest BCUT2D eigenvalue weighted by Crippen LogP contribution is 2.23. The standard InChI is InChI=1S/C14H13N3/c1-2-11-7-13(16)9-17-14(11)12-5-3-10(8-15)4-6-12/h3-7,9H,2,16H2,1H3. The Hall–Kier alpha value is -2.34. The molecule has 0 fully saturated rings. The average Bonchev–Trinajstić information content (AvgIpc) is 2.39. The van der Waals surface area contributed by atoms with Crippen LogP contribution in [0.2, 0.25) is 0 Å². The van der Waals surface area contributed by atoms with Gasteiger partial charge in [0.2, 0.25) is 0 Å². The third-order valence-electron chi connectivity index (χ3n) is 2.66. The van der Waals surface area contributed by atoms with E-state index in [9.17, 15) is 0 Å². The quantitative estimate of drug-likeness (QED) is 0.851. The second-order valence-electron chi connectivity index (χ2n) is 3.82. The van der Waals surface area contributed by atoms with Gasteiger partial charge in [0.05, 0.1) is 29.2 Å². The zero-order chi connectivity index (χ0) is 12.3. The number of rotatable bonds is 2. The van der Waals surface area contributed by atoms with E-state index in [0.29, 0.717) is 11.3 Å². The lowest BCUT2D eigenvalue weighted by Gasteiger charge is -2.07. The lowest BCUT2D eigenvalue weighted by Crippen LogP contribution is -1.95. The maximum Gasteiger partial charge on any atom is 0.0991 e. The molecule has 0 aliphatic carbocycles. The van der Waals surface area contributed by atoms with E-state index in [4.69, 9.17) is 11.0 Å². The highest BCUT2D eigenvalue weighted by atomic mass is 14.7. The molecule has 2 N–H and O–H groups in total. The van der Waals surface area contributed by atoms with Crippen molar-refractivity contribution in [2.24, 2.45) is 0 Å². The fraction of sp³-hybridized carbons (Fsp3) is 0.143. The lowest BCUT2D eigenvalue weighted by atomic mass is 10.0. The van der Waals surface area contributed by atoms with Gasteiger partial charge in [-0.05, 0) is 30.2 Å². The Kier molecular flexibility index (Phi) is 3.06. The van der Waals surface area contributed by atoms with Gasteiger partial charge in [-0.3, -0.25) is 4.98 Å². The average molecular weight is 223 g/mol. The Morgan fingerprint density at radius 1 is 1.29 bits per heavy atom. The van der Waals surface area contributed by atoms with Gasteiger partial charge in [0.1, 0.15) is 0 Å². The molecule has 2 aromatic rings. The second kappa shape index (κ2) is 4.67. The minimum atomic E-state index is 0.655. The van der Waals surface area contributed by atoms with Crippen molar-refractivity contribution in [3.05, 3.63) is 47.7 Å². The number of aromatic nitrogens is 1. The Bertz CT molecular complexity index is 565. The fourth-order valence-corrected chi connectivity index (χ4v) is 1.76. The Balaban J connectivity index is 2.49. The molecule has 0 unspecified atom stereocenters. The number of hydrogen-bond acceptors (Lipinski definition) is 3. The molecule has 0 aliphatic heterocycles. The molecule has 0 atom stereocenters. The third-order valence-corrected chi connectivity index (χ3v) is 2.66. The predicted molar refractivity (Wildman–Crippen MR) is 68.2 cm³/mol. The minimum absolute atomic E-state index is 0.655. The Labute approximate surface area is 101 Å². The molecule has 0 saturated carbocycles. The molecule has 0 saturated heterocycles. The van der Waals surface area contributed by atoms with Crippen molar-refractivity contribution in [1.29, 1.82) is 5.26 Å². The lowest BCUT2D eigenvalue weighted by molar-refractivity contribution is 1.11. The van der Waals surface area contributed by atoms with Crippen LogP contribution in [-0.4, -0.2) is 4.98 Å². The maximum atomic E-state index is 8.75. The van der Waals surface area contributed by atoms with E-state index in [1.807, 2.05) is 18.2 Å². The summed E-state index contributed by atoms with van der Waals surface area (Å²) in [5, 5.41) is 8.75. The first-order chi connectivity index (χ1) is 8.24. The molecule has 3 heteroatoms. The molecular weight excluding hydrogens is 210 g/mol. The van der Waals surface area contributed by atoms with Gasteiger partial charge in [-0.1, -0.05) is 19.1 Å². The van der Waals surface area contributed by atoms with Gasteiger partial charge in [0, 0.05) is 5.56 Å². The predicted octanol–water partition coefficient (Wildman–Crippen LogP) is 2.76. The van der Waals surface area contributed by atoms with E-state index >= 15 is 0 Å². The topological polar surface area (TPSA) is 62.7 Å². The van der Waals surface area contributed by atoms with Crippen LogP contribution < -0.4 is 5.73 Å². The molecule has 84 valence electrons. The van der Waals surface area contributed by atoms with Gasteiger partial charge in [-0.2, -0.15) is 5.26 Å². The number of aryl methyl sites for hydroxylation is 1. The Morgan fingerprint density at radius 3 is 2.59 bits per heavy atom. The molecule has 2 rings (SSSR count). The van der Waals surface area contributed by atoms with Crippen molar-refractivity contribution >= 4 is 5.69 Å². The number of anilines is 1. The minimum Gasteiger partial charge on any atom is -0.397 e. The largest absolute Gasteiger partial charge is 0.397 e. The van der Waals surface area contributed by atoms with Gasteiger partial charge in [0.25, 0.3) is 0 Å². The van der Waals surface area contributed by atoms with Crippen LogP contribution in [0.4, 0.5) is 5.69 Å². The van der Waals surface area contributed by atoms with Crippen LogP contribution in [0.3, 0.4) is 0 Å². The van der Waals surface area contributed by atoms with E-state index < -0.39 is 0 Å². The molecule has 1 aromatic heterocycles. The molecule has 1 heterocycles. The first-order valence-electron chi connectivity index (χ1n) is 5.49. The van der Waals surface area contributed by atoms with E-state index in [1.165, 1.54) is 0 Å². The summed E-state index contributed by atoms with van der Waals surface area (Å²) in [5.74, 6) is 0. The molecular formula is C14H13N3. The second-order valence-corrected chi connectivity index (χ2v) is 3.82. The van der Waals surface area contributed by atoms with Gasteiger partial charge in [0.15, 0.2) is 0 Å². The normalized spacial score (nSPS) is 9.88. The zero-order valence-corrected chi connectivity index (χ0v) is 9.64. The highest BCUT2D eigenvalue weighted by Gasteiger charge is 2.05. The zero-order valence-electron chi connectivity index (χ0n) is 9.64. The molecule has 0 spiro atoms. The summed E-state index contributed by atoms with van der Waals surface area (Å²) in [7, 11) is 0. The summed E-state index contributed by atoms with van der Waals surface area (Å²) in [6, 6.07) is 11.5. The fourth-order valence-electron chi connectivity index (χ4n) is 1.76. The molecule has 1 aromatic carbocycles. The van der Waals surface area contributed by atoms with Gasteiger partial charge in [-0.15, -0.1) is 0 Å². The molecule has 3 nitrogen and oxygen atoms in total. The molecule has 0 radical (unpaired) electrons. The number of nitrogens with zero attached hydrogens (tertiary/aromatic N) is 2. The van der Waals surface area contributed by atoms with Crippen LogP contribution in [0.1, 0.15) is 18.1 Å². The van der Waals surface area contributed by atoms with Crippen LogP contribution in [0.5, 0.6) is 0 Å². The van der Waals surface area contributed by atoms with Crippen molar-refractivity contribution in [2.75, 3.05) is 5.73 Å². The van der Waals surface area contributed by atoms with Crippen molar-refractivity contribution < 1.29 is 0 Å². The summed E-state index contributed by atoms with van der Waals surface area (Å²) >= 11 is 0. The first kappa shape index (κ1) is 11.2. The number of hydrogen-bond donors (Lipinski definition) is 1. The first-order valence-corrected chi connectivity index (χ1v) is 5.49. The monoisotopic (exact) mass is 223 g/mol. The Morgan fingerprint density at radius 2 is 2.00 bits per heavy atom. The van der Waals surface area contributed by atoms with Crippen LogP contribution in [0.15, 0.2) is 36.5 Å². The van der Waals surface area contributed by atoms with Crippen LogP contribution in [0, 0.1) is 11.3 Å². The number of benzene rings is 1. The third kappa shape index (κ3) is 2.26. The van der Waals surface area contributed by atoms with E-state index in [2.05, 4.69) is 18.0 Å². The van der Waals surface area contributed by atoms with Crippen LogP contribution >= 0.6 is 0 Å². The summed E-state index contributed by atoms with van der Waals surface area (Å²) in [5.41, 5.74) is 10.1. The summed E-state index contributed by atoms with van der Waals surface area (Å²) in [4.78, 5) is 4.37. The smallest absolute Gasteiger partial charge is 0.0991 e. The van der Waals surface area contributed by atoms with Gasteiger partial charge < -0.3 is 5.73 Å². The van der Waals surface area contributed by atoms with E-state index in [1.54, 1.807) is 18.3 Å². The van der Waals surface area contributed by atoms with E-state index in [0.717, 1.165) is 23.2 Å². The maximum absolute atomic E-state index is 8.75. The SMILES string of the molecule is CCc1cc(N)cnc1-c1ccc(C#N)cc1. The van der Waals surface area contributed by atoms with Crippen molar-refractivity contribution in [3.8, 4) is 17.3 Å². The number of nitriles is 1. The van der Waals surface area contributed by atoms with E-state index in [-0.39, 0.29) is 0 Å². The summed E-state index contributed by atoms with van der Waals surface area (Å²) < 4.78 is 0. The van der Waals surface area contributed by atoms with Crippen molar-refractivity contribution in [2.45, 2.75) is 13.3 Å². The summed E-state index contributed by atoms with van der Waals surface area (Å²) in [6.45, 7) is 2.07. The van der Waals surface area contributed by atoms with Crippen molar-refractivity contribution in [1.82, 2.24) is 4.98 Å².